The van der Waals surface area contributed by atoms with Crippen LogP contribution in [0.2, 0.25) is 10.0 Å². The van der Waals surface area contributed by atoms with E-state index in [4.69, 9.17) is 28.9 Å². The standard InChI is InChI=1S/C15H15Cl2NS/c1-10(18)9-13-14(17)3-2-4-15(13)19-12-7-5-11(16)6-8-12/h2-8,10H,9,18H2,1H3. The summed E-state index contributed by atoms with van der Waals surface area (Å²) in [7, 11) is 0. The van der Waals surface area contributed by atoms with Gasteiger partial charge in [0.25, 0.3) is 0 Å². The molecule has 2 aromatic carbocycles. The lowest BCUT2D eigenvalue weighted by atomic mass is 10.1. The van der Waals surface area contributed by atoms with Crippen molar-refractivity contribution >= 4 is 35.0 Å². The third-order valence-corrected chi connectivity index (χ3v) is 4.36. The summed E-state index contributed by atoms with van der Waals surface area (Å²) in [6.07, 6.45) is 0.773. The van der Waals surface area contributed by atoms with Gasteiger partial charge in [0.15, 0.2) is 0 Å². The van der Waals surface area contributed by atoms with Crippen LogP contribution in [0.4, 0.5) is 0 Å². The molecule has 1 unspecified atom stereocenters. The molecule has 0 saturated carbocycles. The maximum Gasteiger partial charge on any atom is 0.0449 e. The SMILES string of the molecule is CC(N)Cc1c(Cl)cccc1Sc1ccc(Cl)cc1. The fourth-order valence-electron chi connectivity index (χ4n) is 1.78. The highest BCUT2D eigenvalue weighted by molar-refractivity contribution is 7.99. The number of rotatable bonds is 4. The lowest BCUT2D eigenvalue weighted by molar-refractivity contribution is 0.729. The summed E-state index contributed by atoms with van der Waals surface area (Å²) in [6.45, 7) is 1.99. The molecule has 0 aromatic heterocycles. The molecule has 2 N–H and O–H groups in total. The number of hydrogen-bond donors (Lipinski definition) is 1. The third kappa shape index (κ3) is 4.15. The first kappa shape index (κ1) is 14.7. The van der Waals surface area contributed by atoms with Crippen molar-refractivity contribution in [2.75, 3.05) is 0 Å². The summed E-state index contributed by atoms with van der Waals surface area (Å²) in [5.41, 5.74) is 7.00. The molecule has 100 valence electrons. The molecule has 2 rings (SSSR count). The lowest BCUT2D eigenvalue weighted by Gasteiger charge is -2.13. The van der Waals surface area contributed by atoms with Crippen LogP contribution in [0.25, 0.3) is 0 Å². The largest absolute Gasteiger partial charge is 0.328 e. The van der Waals surface area contributed by atoms with E-state index in [1.165, 1.54) is 0 Å². The zero-order chi connectivity index (χ0) is 13.8. The Morgan fingerprint density at radius 1 is 1.11 bits per heavy atom. The molecule has 0 amide bonds. The fraction of sp³-hybridized carbons (Fsp3) is 0.200. The van der Waals surface area contributed by atoms with Crippen LogP contribution in [-0.2, 0) is 6.42 Å². The quantitative estimate of drug-likeness (QED) is 0.856. The van der Waals surface area contributed by atoms with Gasteiger partial charge >= 0.3 is 0 Å². The smallest absolute Gasteiger partial charge is 0.0449 e. The minimum atomic E-state index is 0.0875. The highest BCUT2D eigenvalue weighted by atomic mass is 35.5. The minimum absolute atomic E-state index is 0.0875. The fourth-order valence-corrected chi connectivity index (χ4v) is 3.21. The number of nitrogens with two attached hydrogens (primary N) is 1. The molecule has 0 radical (unpaired) electrons. The van der Waals surface area contributed by atoms with Crippen LogP contribution in [0.1, 0.15) is 12.5 Å². The van der Waals surface area contributed by atoms with Gasteiger partial charge in [0.1, 0.15) is 0 Å². The van der Waals surface area contributed by atoms with Crippen molar-refractivity contribution in [2.24, 2.45) is 5.73 Å². The van der Waals surface area contributed by atoms with E-state index in [9.17, 15) is 0 Å². The molecule has 1 nitrogen and oxygen atoms in total. The zero-order valence-corrected chi connectivity index (χ0v) is 12.9. The van der Waals surface area contributed by atoms with E-state index in [1.807, 2.05) is 43.3 Å². The maximum absolute atomic E-state index is 6.27. The van der Waals surface area contributed by atoms with Gasteiger partial charge in [-0.05, 0) is 55.3 Å². The van der Waals surface area contributed by atoms with Gasteiger partial charge in [0, 0.05) is 25.9 Å². The van der Waals surface area contributed by atoms with Gasteiger partial charge in [-0.2, -0.15) is 0 Å². The summed E-state index contributed by atoms with van der Waals surface area (Å²) in [5.74, 6) is 0. The second-order valence-corrected chi connectivity index (χ2v) is 6.41. The summed E-state index contributed by atoms with van der Waals surface area (Å²) in [6, 6.07) is 13.8. The minimum Gasteiger partial charge on any atom is -0.328 e. The van der Waals surface area contributed by atoms with Crippen LogP contribution in [0, 0.1) is 0 Å². The van der Waals surface area contributed by atoms with Gasteiger partial charge in [-0.25, -0.2) is 0 Å². The Hall–Kier alpha value is -0.670. The van der Waals surface area contributed by atoms with Crippen molar-refractivity contribution in [2.45, 2.75) is 29.2 Å². The van der Waals surface area contributed by atoms with Crippen molar-refractivity contribution in [3.63, 3.8) is 0 Å². The van der Waals surface area contributed by atoms with Crippen LogP contribution in [0.15, 0.2) is 52.3 Å². The summed E-state index contributed by atoms with van der Waals surface area (Å²) < 4.78 is 0. The first-order chi connectivity index (χ1) is 9.06. The molecule has 0 aliphatic carbocycles. The first-order valence-corrected chi connectivity index (χ1v) is 7.60. The average molecular weight is 312 g/mol. The van der Waals surface area contributed by atoms with E-state index in [1.54, 1.807) is 11.8 Å². The van der Waals surface area contributed by atoms with E-state index >= 15 is 0 Å². The van der Waals surface area contributed by atoms with Crippen LogP contribution in [0.5, 0.6) is 0 Å². The molecule has 0 fully saturated rings. The van der Waals surface area contributed by atoms with Gasteiger partial charge in [-0.3, -0.25) is 0 Å². The Morgan fingerprint density at radius 3 is 2.42 bits per heavy atom. The number of halogens is 2. The van der Waals surface area contributed by atoms with E-state index in [0.717, 1.165) is 31.8 Å². The van der Waals surface area contributed by atoms with Crippen LogP contribution >= 0.6 is 35.0 Å². The zero-order valence-electron chi connectivity index (χ0n) is 10.6. The molecule has 0 aliphatic rings. The molecule has 4 heteroatoms. The monoisotopic (exact) mass is 311 g/mol. The predicted octanol–water partition coefficient (Wildman–Crippen LogP) is 5.03. The molecule has 0 spiro atoms. The number of benzene rings is 2. The third-order valence-electron chi connectivity index (χ3n) is 2.64. The van der Waals surface area contributed by atoms with Crippen molar-refractivity contribution in [3.8, 4) is 0 Å². The molecule has 0 saturated heterocycles. The molecule has 0 aliphatic heterocycles. The second-order valence-electron chi connectivity index (χ2n) is 4.45. The van der Waals surface area contributed by atoms with Crippen molar-refractivity contribution in [1.82, 2.24) is 0 Å². The molecule has 0 bridgehead atoms. The van der Waals surface area contributed by atoms with Crippen LogP contribution in [0.3, 0.4) is 0 Å². The predicted molar refractivity (Wildman–Crippen MR) is 84.4 cm³/mol. The van der Waals surface area contributed by atoms with Crippen molar-refractivity contribution in [1.29, 1.82) is 0 Å². The van der Waals surface area contributed by atoms with E-state index in [-0.39, 0.29) is 6.04 Å². The average Bonchev–Trinajstić information content (AvgIpc) is 2.36. The Bertz CT molecular complexity index is 553. The lowest BCUT2D eigenvalue weighted by Crippen LogP contribution is -2.18. The van der Waals surface area contributed by atoms with E-state index in [0.29, 0.717) is 0 Å². The highest BCUT2D eigenvalue weighted by Gasteiger charge is 2.10. The molecular weight excluding hydrogens is 297 g/mol. The topological polar surface area (TPSA) is 26.0 Å². The molecule has 1 atom stereocenters. The van der Waals surface area contributed by atoms with Crippen LogP contribution in [-0.4, -0.2) is 6.04 Å². The van der Waals surface area contributed by atoms with Gasteiger partial charge in [-0.15, -0.1) is 0 Å². The summed E-state index contributed by atoms with van der Waals surface area (Å²) in [4.78, 5) is 2.28. The Morgan fingerprint density at radius 2 is 1.79 bits per heavy atom. The molecule has 2 aromatic rings. The van der Waals surface area contributed by atoms with Crippen molar-refractivity contribution in [3.05, 3.63) is 58.1 Å². The van der Waals surface area contributed by atoms with E-state index < -0.39 is 0 Å². The molecule has 0 heterocycles. The van der Waals surface area contributed by atoms with Gasteiger partial charge in [0.05, 0.1) is 0 Å². The Kier molecular flexibility index (Phi) is 5.17. The van der Waals surface area contributed by atoms with Gasteiger partial charge < -0.3 is 5.73 Å². The van der Waals surface area contributed by atoms with Crippen molar-refractivity contribution < 1.29 is 0 Å². The Balaban J connectivity index is 2.29. The summed E-state index contributed by atoms with van der Waals surface area (Å²) in [5, 5.41) is 1.52. The first-order valence-electron chi connectivity index (χ1n) is 6.02. The normalized spacial score (nSPS) is 12.4. The maximum atomic E-state index is 6.27. The molecule has 19 heavy (non-hydrogen) atoms. The van der Waals surface area contributed by atoms with Gasteiger partial charge in [-0.1, -0.05) is 41.0 Å². The number of hydrogen-bond acceptors (Lipinski definition) is 2. The second kappa shape index (κ2) is 6.67. The highest BCUT2D eigenvalue weighted by Crippen LogP contribution is 2.34. The van der Waals surface area contributed by atoms with E-state index in [2.05, 4.69) is 6.07 Å². The van der Waals surface area contributed by atoms with Gasteiger partial charge in [0.2, 0.25) is 0 Å². The van der Waals surface area contributed by atoms with Crippen LogP contribution < -0.4 is 5.73 Å². The molecular formula is C15H15Cl2NS. The summed E-state index contributed by atoms with van der Waals surface area (Å²) >= 11 is 13.8. The Labute approximate surface area is 128 Å².